The van der Waals surface area contributed by atoms with Crippen LogP contribution in [0.4, 0.5) is 0 Å². The summed E-state index contributed by atoms with van der Waals surface area (Å²) in [6.07, 6.45) is 0. The topological polar surface area (TPSA) is 63.7 Å². The van der Waals surface area contributed by atoms with Gasteiger partial charge in [0.15, 0.2) is 5.16 Å². The van der Waals surface area contributed by atoms with Gasteiger partial charge in [0.05, 0.1) is 18.2 Å². The predicted octanol–water partition coefficient (Wildman–Crippen LogP) is 3.62. The Morgan fingerprint density at radius 2 is 1.83 bits per heavy atom. The number of hydrogen-bond acceptors (Lipinski definition) is 5. The average Bonchev–Trinajstić information content (AvgIpc) is 3.00. The van der Waals surface area contributed by atoms with E-state index in [2.05, 4.69) is 16.3 Å². The van der Waals surface area contributed by atoms with Crippen LogP contribution in [0.5, 0.6) is 5.75 Å². The third kappa shape index (κ3) is 3.76. The number of ether oxygens (including phenoxy) is 1. The molecule has 6 heteroatoms. The molecular formula is C18H16N4OS. The molecule has 0 N–H and O–H groups in total. The molecule has 0 unspecified atom stereocenters. The van der Waals surface area contributed by atoms with Crippen LogP contribution in [-0.4, -0.2) is 27.1 Å². The summed E-state index contributed by atoms with van der Waals surface area (Å²) in [6.45, 7) is 2.49. The number of rotatable bonds is 6. The van der Waals surface area contributed by atoms with Gasteiger partial charge in [-0.2, -0.15) is 5.26 Å². The molecule has 0 radical (unpaired) electrons. The number of aryl methyl sites for hydroxylation is 1. The number of benzene rings is 2. The first-order valence-corrected chi connectivity index (χ1v) is 8.49. The molecule has 3 aromatic rings. The molecule has 0 aliphatic rings. The summed E-state index contributed by atoms with van der Waals surface area (Å²) in [5.41, 5.74) is 1.68. The Hall–Kier alpha value is -2.78. The van der Waals surface area contributed by atoms with E-state index < -0.39 is 0 Å². The summed E-state index contributed by atoms with van der Waals surface area (Å²) in [7, 11) is 0. The van der Waals surface area contributed by atoms with Crippen LogP contribution in [0.1, 0.15) is 11.4 Å². The standard InChI is InChI=1S/C18H16N4OS/c1-14-20-21-18(22(14)16-5-3-2-4-6-16)24-12-11-23-17-9-7-15(13-19)8-10-17/h2-10H,11-12H2,1H3. The number of aromatic nitrogens is 3. The first-order valence-electron chi connectivity index (χ1n) is 7.51. The van der Waals surface area contributed by atoms with Gasteiger partial charge in [0.25, 0.3) is 0 Å². The van der Waals surface area contributed by atoms with Crippen molar-refractivity contribution in [2.45, 2.75) is 12.1 Å². The third-order valence-electron chi connectivity index (χ3n) is 3.38. The number of thioether (sulfide) groups is 1. The van der Waals surface area contributed by atoms with Crippen LogP contribution < -0.4 is 4.74 Å². The van der Waals surface area contributed by atoms with Gasteiger partial charge in [0.1, 0.15) is 11.6 Å². The molecule has 0 fully saturated rings. The lowest BCUT2D eigenvalue weighted by molar-refractivity contribution is 0.344. The second kappa shape index (κ2) is 7.66. The highest BCUT2D eigenvalue weighted by Gasteiger charge is 2.10. The summed E-state index contributed by atoms with van der Waals surface area (Å²) in [5, 5.41) is 18.0. The van der Waals surface area contributed by atoms with Crippen molar-refractivity contribution < 1.29 is 4.74 Å². The Bertz CT molecular complexity index is 838. The molecule has 0 amide bonds. The van der Waals surface area contributed by atoms with Crippen molar-refractivity contribution in [1.82, 2.24) is 14.8 Å². The summed E-state index contributed by atoms with van der Waals surface area (Å²) in [5.74, 6) is 2.37. The van der Waals surface area contributed by atoms with Crippen LogP contribution in [0.2, 0.25) is 0 Å². The molecule has 0 aliphatic carbocycles. The van der Waals surface area contributed by atoms with Gasteiger partial charge in [-0.25, -0.2) is 0 Å². The molecule has 1 aromatic heterocycles. The van der Waals surface area contributed by atoms with Crippen LogP contribution in [0.25, 0.3) is 5.69 Å². The molecule has 0 aliphatic heterocycles. The summed E-state index contributed by atoms with van der Waals surface area (Å²) < 4.78 is 7.73. The fourth-order valence-electron chi connectivity index (χ4n) is 2.23. The van der Waals surface area contributed by atoms with Gasteiger partial charge < -0.3 is 4.74 Å². The maximum atomic E-state index is 8.78. The van der Waals surface area contributed by atoms with Crippen LogP contribution >= 0.6 is 11.8 Å². The van der Waals surface area contributed by atoms with Crippen molar-refractivity contribution in [2.24, 2.45) is 0 Å². The van der Waals surface area contributed by atoms with E-state index in [1.165, 1.54) is 0 Å². The van der Waals surface area contributed by atoms with Crippen LogP contribution in [-0.2, 0) is 0 Å². The SMILES string of the molecule is Cc1nnc(SCCOc2ccc(C#N)cc2)n1-c1ccccc1. The zero-order valence-electron chi connectivity index (χ0n) is 13.2. The van der Waals surface area contributed by atoms with Gasteiger partial charge >= 0.3 is 0 Å². The van der Waals surface area contributed by atoms with Crippen molar-refractivity contribution in [3.63, 3.8) is 0 Å². The fourth-order valence-corrected chi connectivity index (χ4v) is 3.04. The monoisotopic (exact) mass is 336 g/mol. The van der Waals surface area contributed by atoms with Gasteiger partial charge in [-0.05, 0) is 43.3 Å². The summed E-state index contributed by atoms with van der Waals surface area (Å²) in [4.78, 5) is 0. The lowest BCUT2D eigenvalue weighted by Gasteiger charge is -2.09. The number of para-hydroxylation sites is 1. The minimum absolute atomic E-state index is 0.553. The fraction of sp³-hybridized carbons (Fsp3) is 0.167. The number of hydrogen-bond donors (Lipinski definition) is 0. The summed E-state index contributed by atoms with van der Waals surface area (Å²) in [6, 6.07) is 19.2. The van der Waals surface area contributed by atoms with Gasteiger partial charge in [-0.3, -0.25) is 4.57 Å². The maximum absolute atomic E-state index is 8.78. The smallest absolute Gasteiger partial charge is 0.195 e. The first-order chi connectivity index (χ1) is 11.8. The molecule has 1 heterocycles. The van der Waals surface area contributed by atoms with Crippen LogP contribution in [0.15, 0.2) is 59.8 Å². The first kappa shape index (κ1) is 16.1. The molecule has 5 nitrogen and oxygen atoms in total. The van der Waals surface area contributed by atoms with E-state index in [1.807, 2.05) is 41.8 Å². The minimum Gasteiger partial charge on any atom is -0.493 e. The van der Waals surface area contributed by atoms with Gasteiger partial charge in [-0.1, -0.05) is 30.0 Å². The van der Waals surface area contributed by atoms with Gasteiger partial charge in [-0.15, -0.1) is 10.2 Å². The van der Waals surface area contributed by atoms with Crippen LogP contribution in [0, 0.1) is 18.3 Å². The quantitative estimate of drug-likeness (QED) is 0.508. The molecule has 24 heavy (non-hydrogen) atoms. The minimum atomic E-state index is 0.553. The molecule has 2 aromatic carbocycles. The Labute approximate surface area is 144 Å². The molecule has 3 rings (SSSR count). The Morgan fingerprint density at radius 3 is 2.54 bits per heavy atom. The zero-order chi connectivity index (χ0) is 16.8. The normalized spacial score (nSPS) is 10.3. The molecule has 0 bridgehead atoms. The van der Waals surface area contributed by atoms with Crippen molar-refractivity contribution in [3.05, 3.63) is 66.0 Å². The average molecular weight is 336 g/mol. The lowest BCUT2D eigenvalue weighted by atomic mass is 10.2. The van der Waals surface area contributed by atoms with E-state index in [-0.39, 0.29) is 0 Å². The second-order valence-corrected chi connectivity index (χ2v) is 6.10. The summed E-state index contributed by atoms with van der Waals surface area (Å²) >= 11 is 1.60. The molecule has 0 saturated heterocycles. The predicted molar refractivity (Wildman–Crippen MR) is 93.5 cm³/mol. The van der Waals surface area contributed by atoms with E-state index in [4.69, 9.17) is 10.00 Å². The van der Waals surface area contributed by atoms with Crippen molar-refractivity contribution in [2.75, 3.05) is 12.4 Å². The highest BCUT2D eigenvalue weighted by atomic mass is 32.2. The second-order valence-electron chi connectivity index (χ2n) is 5.03. The highest BCUT2D eigenvalue weighted by molar-refractivity contribution is 7.99. The van der Waals surface area contributed by atoms with Crippen molar-refractivity contribution in [3.8, 4) is 17.5 Å². The molecule has 0 atom stereocenters. The Balaban J connectivity index is 1.58. The van der Waals surface area contributed by atoms with E-state index >= 15 is 0 Å². The molecular weight excluding hydrogens is 320 g/mol. The largest absolute Gasteiger partial charge is 0.493 e. The Kier molecular flexibility index (Phi) is 5.14. The number of nitrogens with zero attached hydrogens (tertiary/aromatic N) is 4. The van der Waals surface area contributed by atoms with Crippen molar-refractivity contribution in [1.29, 1.82) is 5.26 Å². The van der Waals surface area contributed by atoms with E-state index in [9.17, 15) is 0 Å². The lowest BCUT2D eigenvalue weighted by Crippen LogP contribution is -2.03. The van der Waals surface area contributed by atoms with E-state index in [0.717, 1.165) is 28.2 Å². The van der Waals surface area contributed by atoms with E-state index in [1.54, 1.807) is 36.0 Å². The van der Waals surface area contributed by atoms with Crippen molar-refractivity contribution >= 4 is 11.8 Å². The van der Waals surface area contributed by atoms with Gasteiger partial charge in [0, 0.05) is 11.4 Å². The maximum Gasteiger partial charge on any atom is 0.195 e. The highest BCUT2D eigenvalue weighted by Crippen LogP contribution is 2.21. The number of nitriles is 1. The zero-order valence-corrected chi connectivity index (χ0v) is 14.0. The molecule has 0 saturated carbocycles. The molecule has 120 valence electrons. The Morgan fingerprint density at radius 1 is 1.08 bits per heavy atom. The third-order valence-corrected chi connectivity index (χ3v) is 4.27. The molecule has 0 spiro atoms. The van der Waals surface area contributed by atoms with Gasteiger partial charge in [0.2, 0.25) is 0 Å². The van der Waals surface area contributed by atoms with E-state index in [0.29, 0.717) is 12.2 Å². The van der Waals surface area contributed by atoms with Crippen LogP contribution in [0.3, 0.4) is 0 Å².